The van der Waals surface area contributed by atoms with Crippen LogP contribution in [0.1, 0.15) is 32.5 Å². The van der Waals surface area contributed by atoms with Gasteiger partial charge in [0.1, 0.15) is 6.04 Å². The maximum Gasteiger partial charge on any atom is 0.244 e. The van der Waals surface area contributed by atoms with Crippen LogP contribution < -0.4 is 5.32 Å². The summed E-state index contributed by atoms with van der Waals surface area (Å²) in [6.45, 7) is 11.4. The van der Waals surface area contributed by atoms with Crippen LogP contribution in [0.4, 0.5) is 0 Å². The summed E-state index contributed by atoms with van der Waals surface area (Å²) in [6, 6.07) is -0.345. The maximum atomic E-state index is 12.0. The van der Waals surface area contributed by atoms with Crippen LogP contribution in [0.25, 0.3) is 0 Å². The van der Waals surface area contributed by atoms with Crippen LogP contribution in [-0.4, -0.2) is 46.8 Å². The van der Waals surface area contributed by atoms with Gasteiger partial charge in [-0.25, -0.2) is 0 Å². The molecule has 0 aliphatic carbocycles. The SMILES string of the molecule is CCN(CC)CCNC(=O)C(C)n1cc(Cl)c(C)n1. The molecule has 1 N–H and O–H groups in total. The van der Waals surface area contributed by atoms with Gasteiger partial charge in [-0.3, -0.25) is 9.48 Å². The standard InChI is InChI=1S/C13H23ClN4O/c1-5-17(6-2)8-7-15-13(19)11(4)18-9-12(14)10(3)16-18/h9,11H,5-8H2,1-4H3,(H,15,19). The minimum Gasteiger partial charge on any atom is -0.353 e. The number of aromatic nitrogens is 2. The number of amides is 1. The Morgan fingerprint density at radius 2 is 2.16 bits per heavy atom. The van der Waals surface area contributed by atoms with Gasteiger partial charge in [0.25, 0.3) is 0 Å². The van der Waals surface area contributed by atoms with Crippen LogP contribution in [0.15, 0.2) is 6.20 Å². The Morgan fingerprint density at radius 1 is 1.53 bits per heavy atom. The highest BCUT2D eigenvalue weighted by Gasteiger charge is 2.16. The lowest BCUT2D eigenvalue weighted by Crippen LogP contribution is -2.37. The molecule has 5 nitrogen and oxygen atoms in total. The highest BCUT2D eigenvalue weighted by molar-refractivity contribution is 6.31. The highest BCUT2D eigenvalue weighted by Crippen LogP contribution is 2.15. The topological polar surface area (TPSA) is 50.2 Å². The lowest BCUT2D eigenvalue weighted by molar-refractivity contribution is -0.124. The van der Waals surface area contributed by atoms with E-state index in [1.165, 1.54) is 0 Å². The van der Waals surface area contributed by atoms with Gasteiger partial charge < -0.3 is 10.2 Å². The van der Waals surface area contributed by atoms with Gasteiger partial charge >= 0.3 is 0 Å². The molecule has 0 aliphatic heterocycles. The summed E-state index contributed by atoms with van der Waals surface area (Å²) < 4.78 is 1.60. The third-order valence-corrected chi connectivity index (χ3v) is 3.63. The zero-order valence-corrected chi connectivity index (χ0v) is 12.9. The number of nitrogens with zero attached hydrogens (tertiary/aromatic N) is 3. The van der Waals surface area contributed by atoms with Crippen LogP contribution >= 0.6 is 11.6 Å². The number of likely N-dealkylation sites (N-methyl/N-ethyl adjacent to an activating group) is 1. The zero-order chi connectivity index (χ0) is 14.4. The molecule has 0 aromatic carbocycles. The summed E-state index contributed by atoms with van der Waals surface area (Å²) in [6.07, 6.45) is 1.69. The van der Waals surface area contributed by atoms with Crippen LogP contribution in [-0.2, 0) is 4.79 Å². The van der Waals surface area contributed by atoms with Crippen molar-refractivity contribution >= 4 is 17.5 Å². The second kappa shape index (κ2) is 7.50. The molecule has 0 saturated heterocycles. The molecule has 108 valence electrons. The van der Waals surface area contributed by atoms with Crippen molar-refractivity contribution in [3.63, 3.8) is 0 Å². The van der Waals surface area contributed by atoms with Crippen molar-refractivity contribution in [2.45, 2.75) is 33.7 Å². The van der Waals surface area contributed by atoms with E-state index in [-0.39, 0.29) is 11.9 Å². The van der Waals surface area contributed by atoms with E-state index in [0.29, 0.717) is 11.6 Å². The Hall–Kier alpha value is -1.07. The number of halogens is 1. The van der Waals surface area contributed by atoms with Crippen LogP contribution in [0.5, 0.6) is 0 Å². The summed E-state index contributed by atoms with van der Waals surface area (Å²) in [5.41, 5.74) is 0.740. The molecule has 0 aliphatic rings. The first-order chi connectivity index (χ1) is 8.99. The van der Waals surface area contributed by atoms with Crippen LogP contribution in [0.2, 0.25) is 5.02 Å². The quantitative estimate of drug-likeness (QED) is 0.832. The van der Waals surface area contributed by atoms with Gasteiger partial charge in [-0.2, -0.15) is 5.10 Å². The Kier molecular flexibility index (Phi) is 6.31. The zero-order valence-electron chi connectivity index (χ0n) is 12.1. The van der Waals surface area contributed by atoms with Crippen molar-refractivity contribution in [1.29, 1.82) is 0 Å². The van der Waals surface area contributed by atoms with E-state index in [9.17, 15) is 4.79 Å². The summed E-state index contributed by atoms with van der Waals surface area (Å²) >= 11 is 5.94. The molecule has 19 heavy (non-hydrogen) atoms. The fourth-order valence-corrected chi connectivity index (χ4v) is 1.94. The van der Waals surface area contributed by atoms with Crippen molar-refractivity contribution < 1.29 is 4.79 Å². The van der Waals surface area contributed by atoms with E-state index in [2.05, 4.69) is 29.2 Å². The Balaban J connectivity index is 2.45. The van der Waals surface area contributed by atoms with E-state index < -0.39 is 0 Å². The molecular formula is C13H23ClN4O. The van der Waals surface area contributed by atoms with E-state index in [1.54, 1.807) is 10.9 Å². The number of hydrogen-bond donors (Lipinski definition) is 1. The molecule has 0 spiro atoms. The molecule has 0 bridgehead atoms. The van der Waals surface area contributed by atoms with Crippen molar-refractivity contribution in [2.24, 2.45) is 0 Å². The molecule has 1 aromatic heterocycles. The molecule has 0 saturated carbocycles. The first-order valence-corrected chi connectivity index (χ1v) is 7.08. The van der Waals surface area contributed by atoms with Crippen molar-refractivity contribution in [1.82, 2.24) is 20.0 Å². The average Bonchev–Trinajstić information content (AvgIpc) is 2.73. The lowest BCUT2D eigenvalue weighted by atomic mass is 10.3. The normalized spacial score (nSPS) is 12.7. The van der Waals surface area contributed by atoms with E-state index in [4.69, 9.17) is 11.6 Å². The fourth-order valence-electron chi connectivity index (χ4n) is 1.80. The second-order valence-electron chi connectivity index (χ2n) is 4.54. The molecule has 1 rings (SSSR count). The van der Waals surface area contributed by atoms with Crippen molar-refractivity contribution in [3.8, 4) is 0 Å². The number of carbonyl (C=O) groups excluding carboxylic acids is 1. The van der Waals surface area contributed by atoms with Gasteiger partial charge in [-0.05, 0) is 26.9 Å². The Bertz CT molecular complexity index is 395. The largest absolute Gasteiger partial charge is 0.353 e. The third-order valence-electron chi connectivity index (χ3n) is 3.25. The lowest BCUT2D eigenvalue weighted by Gasteiger charge is -2.19. The van der Waals surface area contributed by atoms with E-state index >= 15 is 0 Å². The van der Waals surface area contributed by atoms with Gasteiger partial charge in [0.15, 0.2) is 0 Å². The van der Waals surface area contributed by atoms with Crippen LogP contribution in [0, 0.1) is 6.92 Å². The maximum absolute atomic E-state index is 12.0. The molecule has 0 radical (unpaired) electrons. The number of aryl methyl sites for hydroxylation is 1. The summed E-state index contributed by atoms with van der Waals surface area (Å²) in [5.74, 6) is -0.0358. The van der Waals surface area contributed by atoms with Gasteiger partial charge in [-0.1, -0.05) is 25.4 Å². The van der Waals surface area contributed by atoms with Gasteiger partial charge in [-0.15, -0.1) is 0 Å². The number of nitrogens with one attached hydrogen (secondary N) is 1. The van der Waals surface area contributed by atoms with E-state index in [1.807, 2.05) is 13.8 Å². The average molecular weight is 287 g/mol. The first-order valence-electron chi connectivity index (χ1n) is 6.70. The van der Waals surface area contributed by atoms with E-state index in [0.717, 1.165) is 25.3 Å². The fraction of sp³-hybridized carbons (Fsp3) is 0.692. The van der Waals surface area contributed by atoms with Gasteiger partial charge in [0.05, 0.1) is 10.7 Å². The summed E-state index contributed by atoms with van der Waals surface area (Å²) in [7, 11) is 0. The van der Waals surface area contributed by atoms with Crippen molar-refractivity contribution in [3.05, 3.63) is 16.9 Å². The Morgan fingerprint density at radius 3 is 2.63 bits per heavy atom. The number of rotatable bonds is 7. The second-order valence-corrected chi connectivity index (χ2v) is 4.94. The minimum atomic E-state index is -0.345. The summed E-state index contributed by atoms with van der Waals surface area (Å²) in [4.78, 5) is 14.3. The number of hydrogen-bond acceptors (Lipinski definition) is 3. The molecule has 1 amide bonds. The Labute approximate surface area is 119 Å². The van der Waals surface area contributed by atoms with Gasteiger partial charge in [0.2, 0.25) is 5.91 Å². The molecule has 0 fully saturated rings. The molecule has 1 unspecified atom stereocenters. The monoisotopic (exact) mass is 286 g/mol. The predicted molar refractivity (Wildman–Crippen MR) is 77.5 cm³/mol. The van der Waals surface area contributed by atoms with Crippen LogP contribution in [0.3, 0.4) is 0 Å². The molecular weight excluding hydrogens is 264 g/mol. The van der Waals surface area contributed by atoms with Gasteiger partial charge in [0, 0.05) is 19.3 Å². The third kappa shape index (κ3) is 4.51. The minimum absolute atomic E-state index is 0.0358. The highest BCUT2D eigenvalue weighted by atomic mass is 35.5. The molecule has 6 heteroatoms. The molecule has 1 heterocycles. The first kappa shape index (κ1) is 16.0. The number of carbonyl (C=O) groups is 1. The molecule has 1 atom stereocenters. The smallest absolute Gasteiger partial charge is 0.244 e. The molecule has 1 aromatic rings. The summed E-state index contributed by atoms with van der Waals surface area (Å²) in [5, 5.41) is 7.73. The van der Waals surface area contributed by atoms with Crippen molar-refractivity contribution in [2.75, 3.05) is 26.2 Å². The predicted octanol–water partition coefficient (Wildman–Crippen LogP) is 1.86.